The molecule has 0 radical (unpaired) electrons. The van der Waals surface area contributed by atoms with E-state index in [2.05, 4.69) is 97.6 Å². The summed E-state index contributed by atoms with van der Waals surface area (Å²) in [5.74, 6) is 0. The zero-order chi connectivity index (χ0) is 17.2. The molecular weight excluding hydrogens is 302 g/mol. The number of benzene rings is 4. The van der Waals surface area contributed by atoms with Crippen LogP contribution in [-0.4, -0.2) is 13.1 Å². The van der Waals surface area contributed by atoms with Crippen molar-refractivity contribution in [3.05, 3.63) is 78.9 Å². The predicted molar refractivity (Wildman–Crippen MR) is 110 cm³/mol. The zero-order valence-electron chi connectivity index (χ0n) is 14.9. The number of rotatable bonds is 4. The molecule has 0 spiro atoms. The Bertz CT molecular complexity index is 1020. The van der Waals surface area contributed by atoms with E-state index in [-0.39, 0.29) is 0 Å². The molecule has 0 N–H and O–H groups in total. The molecular formula is C24H23N. The maximum atomic E-state index is 2.45. The van der Waals surface area contributed by atoms with Gasteiger partial charge in [-0.05, 0) is 47.0 Å². The molecule has 4 aromatic rings. The third-order valence-corrected chi connectivity index (χ3v) is 5.07. The first-order chi connectivity index (χ1) is 12.3. The second-order valence-electron chi connectivity index (χ2n) is 6.38. The average molecular weight is 325 g/mol. The van der Waals surface area contributed by atoms with Gasteiger partial charge in [-0.3, -0.25) is 0 Å². The van der Waals surface area contributed by atoms with E-state index in [1.165, 1.54) is 38.4 Å². The van der Waals surface area contributed by atoms with E-state index in [1.807, 2.05) is 0 Å². The summed E-state index contributed by atoms with van der Waals surface area (Å²) in [7, 11) is 0. The maximum Gasteiger partial charge on any atom is 0.0452 e. The van der Waals surface area contributed by atoms with Crippen LogP contribution in [0.4, 0.5) is 5.69 Å². The standard InChI is InChI=1S/C24H23N/c1-3-25(4-2)23-17-16-19-11-6-8-14-21(19)24(23)22-15-9-12-18-10-5-7-13-20(18)22/h5-17H,3-4H2,1-2H3. The number of nitrogens with zero attached hydrogens (tertiary/aromatic N) is 1. The van der Waals surface area contributed by atoms with Gasteiger partial charge in [0.2, 0.25) is 0 Å². The molecule has 0 amide bonds. The Morgan fingerprint density at radius 3 is 1.92 bits per heavy atom. The first-order valence-electron chi connectivity index (χ1n) is 9.08. The van der Waals surface area contributed by atoms with Crippen LogP contribution in [0.3, 0.4) is 0 Å². The van der Waals surface area contributed by atoms with Crippen molar-refractivity contribution in [1.29, 1.82) is 0 Å². The normalized spacial score (nSPS) is 11.1. The first kappa shape index (κ1) is 15.7. The van der Waals surface area contributed by atoms with Gasteiger partial charge in [0.1, 0.15) is 0 Å². The highest BCUT2D eigenvalue weighted by Gasteiger charge is 2.15. The van der Waals surface area contributed by atoms with E-state index in [0.29, 0.717) is 0 Å². The molecule has 0 heterocycles. The molecule has 0 fully saturated rings. The van der Waals surface area contributed by atoms with Crippen LogP contribution in [0.1, 0.15) is 13.8 Å². The number of fused-ring (bicyclic) bond motifs is 2. The topological polar surface area (TPSA) is 3.24 Å². The summed E-state index contributed by atoms with van der Waals surface area (Å²) in [5.41, 5.74) is 3.98. The molecule has 1 heteroatoms. The lowest BCUT2D eigenvalue weighted by molar-refractivity contribution is 0.868. The van der Waals surface area contributed by atoms with Crippen LogP contribution in [0.15, 0.2) is 78.9 Å². The van der Waals surface area contributed by atoms with Crippen molar-refractivity contribution in [2.24, 2.45) is 0 Å². The van der Waals surface area contributed by atoms with Crippen molar-refractivity contribution in [3.8, 4) is 11.1 Å². The average Bonchev–Trinajstić information content (AvgIpc) is 2.68. The molecule has 0 saturated carbocycles. The molecule has 4 aromatic carbocycles. The SMILES string of the molecule is CCN(CC)c1ccc2ccccc2c1-c1cccc2ccccc12. The summed E-state index contributed by atoms with van der Waals surface area (Å²) < 4.78 is 0. The molecule has 0 aliphatic heterocycles. The van der Waals surface area contributed by atoms with Crippen LogP contribution >= 0.6 is 0 Å². The summed E-state index contributed by atoms with van der Waals surface area (Å²) in [6, 6.07) is 28.5. The minimum Gasteiger partial charge on any atom is -0.372 e. The highest BCUT2D eigenvalue weighted by molar-refractivity contribution is 6.09. The van der Waals surface area contributed by atoms with E-state index in [4.69, 9.17) is 0 Å². The summed E-state index contributed by atoms with van der Waals surface area (Å²) in [6.07, 6.45) is 0. The van der Waals surface area contributed by atoms with Crippen molar-refractivity contribution in [2.75, 3.05) is 18.0 Å². The Morgan fingerprint density at radius 1 is 0.600 bits per heavy atom. The smallest absolute Gasteiger partial charge is 0.0452 e. The third-order valence-electron chi connectivity index (χ3n) is 5.07. The van der Waals surface area contributed by atoms with E-state index in [1.54, 1.807) is 0 Å². The van der Waals surface area contributed by atoms with Gasteiger partial charge in [0, 0.05) is 24.3 Å². The highest BCUT2D eigenvalue weighted by atomic mass is 15.1. The Kier molecular flexibility index (Phi) is 4.15. The van der Waals surface area contributed by atoms with Crippen LogP contribution in [0.2, 0.25) is 0 Å². The van der Waals surface area contributed by atoms with Crippen molar-refractivity contribution >= 4 is 27.2 Å². The van der Waals surface area contributed by atoms with E-state index in [9.17, 15) is 0 Å². The lowest BCUT2D eigenvalue weighted by atomic mass is 9.92. The van der Waals surface area contributed by atoms with E-state index < -0.39 is 0 Å². The van der Waals surface area contributed by atoms with Crippen molar-refractivity contribution in [2.45, 2.75) is 13.8 Å². The number of hydrogen-bond acceptors (Lipinski definition) is 1. The van der Waals surface area contributed by atoms with Gasteiger partial charge in [-0.15, -0.1) is 0 Å². The predicted octanol–water partition coefficient (Wildman–Crippen LogP) is 6.51. The summed E-state index contributed by atoms with van der Waals surface area (Å²) >= 11 is 0. The van der Waals surface area contributed by atoms with E-state index >= 15 is 0 Å². The van der Waals surface area contributed by atoms with Gasteiger partial charge in [0.15, 0.2) is 0 Å². The van der Waals surface area contributed by atoms with Crippen molar-refractivity contribution < 1.29 is 0 Å². The fourth-order valence-corrected chi connectivity index (χ4v) is 3.81. The molecule has 0 aliphatic rings. The van der Waals surface area contributed by atoms with Crippen molar-refractivity contribution in [3.63, 3.8) is 0 Å². The van der Waals surface area contributed by atoms with Crippen LogP contribution in [0.25, 0.3) is 32.7 Å². The van der Waals surface area contributed by atoms with E-state index in [0.717, 1.165) is 13.1 Å². The molecule has 0 saturated heterocycles. The number of hydrogen-bond donors (Lipinski definition) is 0. The van der Waals surface area contributed by atoms with Gasteiger partial charge >= 0.3 is 0 Å². The second kappa shape index (κ2) is 6.60. The molecule has 4 rings (SSSR count). The quantitative estimate of drug-likeness (QED) is 0.413. The van der Waals surface area contributed by atoms with Crippen LogP contribution in [-0.2, 0) is 0 Å². The van der Waals surface area contributed by atoms with Gasteiger partial charge in [0.25, 0.3) is 0 Å². The van der Waals surface area contributed by atoms with Gasteiger partial charge in [-0.25, -0.2) is 0 Å². The zero-order valence-corrected chi connectivity index (χ0v) is 14.9. The lowest BCUT2D eigenvalue weighted by Crippen LogP contribution is -2.22. The summed E-state index contributed by atoms with van der Waals surface area (Å²) in [5, 5.41) is 5.22. The van der Waals surface area contributed by atoms with Gasteiger partial charge in [-0.1, -0.05) is 72.8 Å². The molecule has 1 nitrogen and oxygen atoms in total. The lowest BCUT2D eigenvalue weighted by Gasteiger charge is -2.26. The molecule has 25 heavy (non-hydrogen) atoms. The Hall–Kier alpha value is -2.80. The van der Waals surface area contributed by atoms with Crippen LogP contribution < -0.4 is 4.90 Å². The fraction of sp³-hybridized carbons (Fsp3) is 0.167. The monoisotopic (exact) mass is 325 g/mol. The Labute approximate surface area is 149 Å². The maximum absolute atomic E-state index is 2.45. The van der Waals surface area contributed by atoms with Gasteiger partial charge in [0.05, 0.1) is 0 Å². The summed E-state index contributed by atoms with van der Waals surface area (Å²) in [6.45, 7) is 6.47. The van der Waals surface area contributed by atoms with Gasteiger partial charge in [-0.2, -0.15) is 0 Å². The molecule has 0 bridgehead atoms. The Morgan fingerprint density at radius 2 is 1.20 bits per heavy atom. The first-order valence-corrected chi connectivity index (χ1v) is 9.08. The second-order valence-corrected chi connectivity index (χ2v) is 6.38. The summed E-state index contributed by atoms with van der Waals surface area (Å²) in [4.78, 5) is 2.45. The van der Waals surface area contributed by atoms with Crippen LogP contribution in [0.5, 0.6) is 0 Å². The minimum absolute atomic E-state index is 1.01. The van der Waals surface area contributed by atoms with Gasteiger partial charge < -0.3 is 4.90 Å². The number of anilines is 1. The largest absolute Gasteiger partial charge is 0.372 e. The molecule has 0 aromatic heterocycles. The molecule has 0 atom stereocenters. The molecule has 0 aliphatic carbocycles. The third kappa shape index (κ3) is 2.66. The fourth-order valence-electron chi connectivity index (χ4n) is 3.81. The molecule has 124 valence electrons. The van der Waals surface area contributed by atoms with Crippen molar-refractivity contribution in [1.82, 2.24) is 0 Å². The molecule has 0 unspecified atom stereocenters. The highest BCUT2D eigenvalue weighted by Crippen LogP contribution is 2.40. The minimum atomic E-state index is 1.01. The Balaban J connectivity index is 2.12. The van der Waals surface area contributed by atoms with Crippen LogP contribution in [0, 0.1) is 0 Å².